The van der Waals surface area contributed by atoms with Crippen LogP contribution in [0.2, 0.25) is 0 Å². The molecular formula is C20H29F3N4O2. The van der Waals surface area contributed by atoms with Crippen LogP contribution < -0.4 is 15.4 Å². The smallest absolute Gasteiger partial charge is 0.391 e. The van der Waals surface area contributed by atoms with Crippen LogP contribution in [0.1, 0.15) is 31.2 Å². The Morgan fingerprint density at radius 2 is 1.93 bits per heavy atom. The highest BCUT2D eigenvalue weighted by atomic mass is 19.4. The zero-order valence-corrected chi connectivity index (χ0v) is 17.1. The van der Waals surface area contributed by atoms with Crippen LogP contribution in [0.5, 0.6) is 5.75 Å². The normalized spacial score (nSPS) is 20.1. The van der Waals surface area contributed by atoms with Crippen molar-refractivity contribution < 1.29 is 22.7 Å². The molecule has 1 fully saturated rings. The number of carbonyl (C=O) groups is 1. The van der Waals surface area contributed by atoms with Crippen molar-refractivity contribution in [1.82, 2.24) is 15.5 Å². The van der Waals surface area contributed by atoms with Gasteiger partial charge < -0.3 is 20.3 Å². The summed E-state index contributed by atoms with van der Waals surface area (Å²) in [4.78, 5) is 17.8. The van der Waals surface area contributed by atoms with Gasteiger partial charge in [0.2, 0.25) is 5.91 Å². The Labute approximate surface area is 169 Å². The first-order valence-electron chi connectivity index (χ1n) is 9.63. The average Bonchev–Trinajstić information content (AvgIpc) is 2.69. The second-order valence-corrected chi connectivity index (χ2v) is 7.40. The van der Waals surface area contributed by atoms with Crippen molar-refractivity contribution in [2.75, 3.05) is 27.7 Å². The molecule has 1 aliphatic rings. The van der Waals surface area contributed by atoms with Gasteiger partial charge in [-0.25, -0.2) is 4.99 Å². The Morgan fingerprint density at radius 3 is 2.52 bits per heavy atom. The van der Waals surface area contributed by atoms with E-state index in [-0.39, 0.29) is 31.3 Å². The fraction of sp³-hybridized carbons (Fsp3) is 0.600. The number of rotatable bonds is 6. The van der Waals surface area contributed by atoms with Gasteiger partial charge in [-0.3, -0.25) is 4.79 Å². The number of hydrogen-bond acceptors (Lipinski definition) is 3. The summed E-state index contributed by atoms with van der Waals surface area (Å²) in [5.74, 6) is -0.393. The first kappa shape index (κ1) is 22.8. The fourth-order valence-corrected chi connectivity index (χ4v) is 3.18. The quantitative estimate of drug-likeness (QED) is 0.555. The third-order valence-corrected chi connectivity index (χ3v) is 4.96. The maximum atomic E-state index is 13.1. The van der Waals surface area contributed by atoms with Crippen LogP contribution in [-0.2, 0) is 11.3 Å². The van der Waals surface area contributed by atoms with Gasteiger partial charge in [-0.2, -0.15) is 13.2 Å². The zero-order chi connectivity index (χ0) is 21.4. The Balaban J connectivity index is 2.05. The van der Waals surface area contributed by atoms with Gasteiger partial charge in [0.25, 0.3) is 0 Å². The molecule has 6 nitrogen and oxygen atoms in total. The number of halogens is 3. The molecule has 29 heavy (non-hydrogen) atoms. The Kier molecular flexibility index (Phi) is 8.16. The maximum Gasteiger partial charge on any atom is 0.391 e. The van der Waals surface area contributed by atoms with E-state index < -0.39 is 12.1 Å². The number of aliphatic imine (C=N–C) groups is 1. The molecule has 2 rings (SSSR count). The van der Waals surface area contributed by atoms with E-state index >= 15 is 0 Å². The van der Waals surface area contributed by atoms with Gasteiger partial charge in [-0.05, 0) is 37.0 Å². The number of likely N-dealkylation sites (N-methyl/N-ethyl adjacent to an activating group) is 1. The number of methoxy groups -OCH3 is 1. The number of guanidine groups is 1. The number of amides is 1. The van der Waals surface area contributed by atoms with Crippen molar-refractivity contribution in [3.8, 4) is 5.75 Å². The number of ether oxygens (including phenoxy) is 1. The summed E-state index contributed by atoms with van der Waals surface area (Å²) in [6.07, 6.45) is -2.88. The third kappa shape index (κ3) is 7.47. The van der Waals surface area contributed by atoms with Crippen LogP contribution >= 0.6 is 0 Å². The lowest BCUT2D eigenvalue weighted by molar-refractivity contribution is -0.183. The molecule has 1 amide bonds. The van der Waals surface area contributed by atoms with Gasteiger partial charge in [-0.15, -0.1) is 0 Å². The van der Waals surface area contributed by atoms with Crippen molar-refractivity contribution >= 4 is 11.9 Å². The second kappa shape index (κ2) is 10.4. The summed E-state index contributed by atoms with van der Waals surface area (Å²) in [5, 5.41) is 6.02. The van der Waals surface area contributed by atoms with Crippen molar-refractivity contribution in [2.24, 2.45) is 10.9 Å². The highest BCUT2D eigenvalue weighted by Gasteiger charge is 2.42. The summed E-state index contributed by atoms with van der Waals surface area (Å²) in [6, 6.07) is 7.02. The Bertz CT molecular complexity index is 690. The molecule has 0 aromatic heterocycles. The van der Waals surface area contributed by atoms with Crippen LogP contribution in [0.15, 0.2) is 29.3 Å². The number of benzene rings is 1. The predicted octanol–water partition coefficient (Wildman–Crippen LogP) is 2.94. The summed E-state index contributed by atoms with van der Waals surface area (Å²) in [7, 11) is 4.86. The van der Waals surface area contributed by atoms with Crippen LogP contribution in [0.25, 0.3) is 0 Å². The van der Waals surface area contributed by atoms with Gasteiger partial charge in [0.05, 0.1) is 26.1 Å². The van der Waals surface area contributed by atoms with E-state index in [9.17, 15) is 18.0 Å². The summed E-state index contributed by atoms with van der Waals surface area (Å²) >= 11 is 0. The van der Waals surface area contributed by atoms with Crippen LogP contribution in [0.4, 0.5) is 13.2 Å². The molecule has 0 radical (unpaired) electrons. The van der Waals surface area contributed by atoms with E-state index in [1.807, 2.05) is 24.3 Å². The van der Waals surface area contributed by atoms with Crippen LogP contribution in [0, 0.1) is 5.92 Å². The van der Waals surface area contributed by atoms with Gasteiger partial charge >= 0.3 is 6.18 Å². The molecule has 0 saturated heterocycles. The topological polar surface area (TPSA) is 66.0 Å². The predicted molar refractivity (Wildman–Crippen MR) is 106 cm³/mol. The first-order chi connectivity index (χ1) is 13.7. The number of alkyl halides is 3. The largest absolute Gasteiger partial charge is 0.497 e. The van der Waals surface area contributed by atoms with Crippen LogP contribution in [-0.4, -0.2) is 56.7 Å². The summed E-state index contributed by atoms with van der Waals surface area (Å²) in [5.41, 5.74) is 0.919. The highest BCUT2D eigenvalue weighted by Crippen LogP contribution is 2.37. The van der Waals surface area contributed by atoms with E-state index in [0.717, 1.165) is 11.3 Å². The maximum absolute atomic E-state index is 13.1. The van der Waals surface area contributed by atoms with Gasteiger partial charge in [-0.1, -0.05) is 18.6 Å². The molecule has 0 spiro atoms. The zero-order valence-electron chi connectivity index (χ0n) is 17.1. The molecule has 1 aliphatic carbocycles. The first-order valence-corrected chi connectivity index (χ1v) is 9.63. The molecule has 2 atom stereocenters. The molecule has 1 aromatic rings. The third-order valence-electron chi connectivity index (χ3n) is 4.96. The lowest BCUT2D eigenvalue weighted by Gasteiger charge is -2.32. The minimum Gasteiger partial charge on any atom is -0.497 e. The lowest BCUT2D eigenvalue weighted by atomic mass is 9.85. The lowest BCUT2D eigenvalue weighted by Crippen LogP contribution is -2.49. The molecule has 1 saturated carbocycles. The standard InChI is InChI=1S/C20H29F3N4O2/c1-27(2)18(28)13-25-19(24-12-14-7-9-17(29-3)10-8-14)26-16-6-4-5-15(11-16)20(21,22)23/h7-10,15-16H,4-6,11-13H2,1-3H3,(H2,24,25,26). The van der Waals surface area contributed by atoms with E-state index in [1.165, 1.54) is 4.90 Å². The summed E-state index contributed by atoms with van der Waals surface area (Å²) < 4.78 is 44.4. The molecule has 9 heteroatoms. The molecule has 2 N–H and O–H groups in total. The monoisotopic (exact) mass is 414 g/mol. The average molecular weight is 414 g/mol. The van der Waals surface area contributed by atoms with Crippen molar-refractivity contribution in [3.63, 3.8) is 0 Å². The van der Waals surface area contributed by atoms with Crippen molar-refractivity contribution in [2.45, 2.75) is 44.4 Å². The van der Waals surface area contributed by atoms with E-state index in [0.29, 0.717) is 25.3 Å². The SMILES string of the molecule is COc1ccc(CN=C(NCC(=O)N(C)C)NC2CCCC(C(F)(F)F)C2)cc1. The summed E-state index contributed by atoms with van der Waals surface area (Å²) in [6.45, 7) is 0.335. The van der Waals surface area contributed by atoms with E-state index in [2.05, 4.69) is 15.6 Å². The van der Waals surface area contributed by atoms with E-state index in [4.69, 9.17) is 4.74 Å². The Hall–Kier alpha value is -2.45. The second-order valence-electron chi connectivity index (χ2n) is 7.40. The minimum atomic E-state index is -4.19. The molecule has 1 aromatic carbocycles. The number of nitrogens with one attached hydrogen (secondary N) is 2. The van der Waals surface area contributed by atoms with E-state index in [1.54, 1.807) is 21.2 Å². The Morgan fingerprint density at radius 1 is 1.24 bits per heavy atom. The van der Waals surface area contributed by atoms with Gasteiger partial charge in [0.1, 0.15) is 5.75 Å². The minimum absolute atomic E-state index is 0.00830. The molecule has 2 unspecified atom stereocenters. The van der Waals surface area contributed by atoms with Crippen molar-refractivity contribution in [1.29, 1.82) is 0 Å². The van der Waals surface area contributed by atoms with Gasteiger partial charge in [0, 0.05) is 20.1 Å². The van der Waals surface area contributed by atoms with Crippen LogP contribution in [0.3, 0.4) is 0 Å². The highest BCUT2D eigenvalue weighted by molar-refractivity contribution is 5.86. The number of hydrogen-bond donors (Lipinski definition) is 2. The fourth-order valence-electron chi connectivity index (χ4n) is 3.18. The number of carbonyl (C=O) groups excluding carboxylic acids is 1. The molecule has 0 heterocycles. The number of nitrogens with zero attached hydrogens (tertiary/aromatic N) is 2. The van der Waals surface area contributed by atoms with Gasteiger partial charge in [0.15, 0.2) is 5.96 Å². The molecule has 0 bridgehead atoms. The molecule has 162 valence electrons. The molecule has 0 aliphatic heterocycles. The molecular weight excluding hydrogens is 385 g/mol. The van der Waals surface area contributed by atoms with Crippen molar-refractivity contribution in [3.05, 3.63) is 29.8 Å².